The predicted octanol–water partition coefficient (Wildman–Crippen LogP) is 3.76. The van der Waals surface area contributed by atoms with Gasteiger partial charge >= 0.3 is 0 Å². The molecule has 0 bridgehead atoms. The Morgan fingerprint density at radius 2 is 1.88 bits per heavy atom. The first-order chi connectivity index (χ1) is 15.7. The van der Waals surface area contributed by atoms with Gasteiger partial charge in [-0.2, -0.15) is 9.40 Å². The lowest BCUT2D eigenvalue weighted by Gasteiger charge is -2.26. The van der Waals surface area contributed by atoms with Crippen molar-refractivity contribution in [1.82, 2.24) is 19.1 Å². The number of methoxy groups -OCH3 is 1. The number of nitrogens with one attached hydrogen (secondary N) is 1. The van der Waals surface area contributed by atoms with Crippen LogP contribution in [0.1, 0.15) is 55.2 Å². The Morgan fingerprint density at radius 1 is 1.15 bits per heavy atom. The molecule has 1 aromatic carbocycles. The topological polar surface area (TPSA) is 106 Å². The molecule has 1 amide bonds. The van der Waals surface area contributed by atoms with Crippen molar-refractivity contribution in [1.29, 1.82) is 0 Å². The molecule has 3 aromatic rings. The zero-order valence-corrected chi connectivity index (χ0v) is 20.1. The van der Waals surface area contributed by atoms with Gasteiger partial charge in [-0.3, -0.25) is 4.79 Å². The molecule has 10 heteroatoms. The summed E-state index contributed by atoms with van der Waals surface area (Å²) in [4.78, 5) is 17.8. The summed E-state index contributed by atoms with van der Waals surface area (Å²) in [5, 5.41) is 7.86. The van der Waals surface area contributed by atoms with E-state index < -0.39 is 10.0 Å². The van der Waals surface area contributed by atoms with E-state index in [-0.39, 0.29) is 22.6 Å². The molecule has 1 N–H and O–H groups in total. The van der Waals surface area contributed by atoms with E-state index in [1.807, 2.05) is 20.8 Å². The number of carbonyl (C=O) groups is 1. The minimum atomic E-state index is -3.74. The summed E-state index contributed by atoms with van der Waals surface area (Å²) < 4.78 is 35.1. The molecule has 1 aliphatic heterocycles. The Hall–Kier alpha value is -2.98. The zero-order valence-electron chi connectivity index (χ0n) is 19.3. The minimum absolute atomic E-state index is 0.0494. The fourth-order valence-electron chi connectivity index (χ4n) is 4.11. The second-order valence-electron chi connectivity index (χ2n) is 8.52. The Morgan fingerprint density at radius 3 is 2.55 bits per heavy atom. The number of hydrogen-bond donors (Lipinski definition) is 1. The van der Waals surface area contributed by atoms with Gasteiger partial charge < -0.3 is 10.1 Å². The van der Waals surface area contributed by atoms with Gasteiger partial charge in [-0.1, -0.05) is 6.42 Å². The van der Waals surface area contributed by atoms with E-state index in [1.165, 1.54) is 17.5 Å². The van der Waals surface area contributed by atoms with Crippen LogP contribution in [0.15, 0.2) is 35.4 Å². The van der Waals surface area contributed by atoms with Gasteiger partial charge in [0, 0.05) is 30.5 Å². The van der Waals surface area contributed by atoms with Crippen molar-refractivity contribution in [2.24, 2.45) is 0 Å². The maximum atomic E-state index is 13.3. The molecule has 4 rings (SSSR count). The van der Waals surface area contributed by atoms with Gasteiger partial charge in [0.2, 0.25) is 10.0 Å². The van der Waals surface area contributed by atoms with Crippen LogP contribution < -0.4 is 10.1 Å². The number of carbonyl (C=O) groups excluding carboxylic acids is 1. The van der Waals surface area contributed by atoms with E-state index in [4.69, 9.17) is 4.74 Å². The second kappa shape index (κ2) is 9.11. The Balaban J connectivity index is 1.69. The predicted molar refractivity (Wildman–Crippen MR) is 126 cm³/mol. The minimum Gasteiger partial charge on any atom is -0.495 e. The van der Waals surface area contributed by atoms with Crippen molar-refractivity contribution in [3.8, 4) is 5.75 Å². The van der Waals surface area contributed by atoms with Gasteiger partial charge in [-0.25, -0.2) is 18.1 Å². The number of nitrogens with zero attached hydrogens (tertiary/aromatic N) is 4. The monoisotopic (exact) mass is 471 g/mol. The molecule has 0 atom stereocenters. The Bertz CT molecular complexity index is 1290. The van der Waals surface area contributed by atoms with Crippen molar-refractivity contribution in [2.45, 2.75) is 51.0 Å². The van der Waals surface area contributed by atoms with E-state index in [0.29, 0.717) is 41.1 Å². The number of benzene rings is 1. The summed E-state index contributed by atoms with van der Waals surface area (Å²) in [6.07, 6.45) is 4.32. The SMILES string of the molecule is COc1ccc(NC(=O)c2cc(C)nc3c2cnn3C(C)C)cc1S(=O)(=O)N1CCCCC1. The highest BCUT2D eigenvalue weighted by Crippen LogP contribution is 2.31. The van der Waals surface area contributed by atoms with Gasteiger partial charge in [-0.15, -0.1) is 0 Å². The van der Waals surface area contributed by atoms with Gasteiger partial charge in [0.1, 0.15) is 10.6 Å². The van der Waals surface area contributed by atoms with Crippen LogP contribution in [-0.4, -0.2) is 53.6 Å². The largest absolute Gasteiger partial charge is 0.495 e. The third kappa shape index (κ3) is 4.45. The molecule has 1 saturated heterocycles. The normalized spacial score (nSPS) is 15.2. The molecule has 0 saturated carbocycles. The number of fused-ring (bicyclic) bond motifs is 1. The summed E-state index contributed by atoms with van der Waals surface area (Å²) >= 11 is 0. The standard InChI is InChI=1S/C23H29N5O4S/c1-15(2)28-22-19(14-24-28)18(12-16(3)25-22)23(29)26-17-8-9-20(32-4)21(13-17)33(30,31)27-10-6-5-7-11-27/h8-9,12-15H,5-7,10-11H2,1-4H3,(H,26,29). The number of aromatic nitrogens is 3. The molecule has 2 aromatic heterocycles. The fraction of sp³-hybridized carbons (Fsp3) is 0.435. The molecule has 9 nitrogen and oxygen atoms in total. The number of aryl methyl sites for hydroxylation is 1. The smallest absolute Gasteiger partial charge is 0.256 e. The molecular weight excluding hydrogens is 442 g/mol. The first-order valence-corrected chi connectivity index (χ1v) is 12.5. The summed E-state index contributed by atoms with van der Waals surface area (Å²) in [6, 6.07) is 6.46. The molecule has 0 spiro atoms. The first kappa shape index (κ1) is 23.2. The second-order valence-corrected chi connectivity index (χ2v) is 10.4. The Kier molecular flexibility index (Phi) is 6.40. The number of piperidine rings is 1. The van der Waals surface area contributed by atoms with E-state index in [1.54, 1.807) is 29.1 Å². The van der Waals surface area contributed by atoms with E-state index in [9.17, 15) is 13.2 Å². The van der Waals surface area contributed by atoms with Crippen molar-refractivity contribution >= 4 is 32.7 Å². The summed E-state index contributed by atoms with van der Waals surface area (Å²) in [6.45, 7) is 6.78. The molecule has 176 valence electrons. The number of ether oxygens (including phenoxy) is 1. The number of anilines is 1. The lowest BCUT2D eigenvalue weighted by atomic mass is 10.1. The number of sulfonamides is 1. The van der Waals surface area contributed by atoms with E-state index in [0.717, 1.165) is 19.3 Å². The van der Waals surface area contributed by atoms with Crippen LogP contribution in [0.25, 0.3) is 11.0 Å². The maximum absolute atomic E-state index is 13.3. The van der Waals surface area contributed by atoms with Crippen LogP contribution >= 0.6 is 0 Å². The molecule has 0 unspecified atom stereocenters. The first-order valence-electron chi connectivity index (χ1n) is 11.1. The fourth-order valence-corrected chi connectivity index (χ4v) is 5.81. The van der Waals surface area contributed by atoms with Crippen LogP contribution in [0.2, 0.25) is 0 Å². The highest BCUT2D eigenvalue weighted by Gasteiger charge is 2.29. The van der Waals surface area contributed by atoms with Gasteiger partial charge in [0.15, 0.2) is 5.65 Å². The highest BCUT2D eigenvalue weighted by atomic mass is 32.2. The number of hydrogen-bond acceptors (Lipinski definition) is 6. The van der Waals surface area contributed by atoms with Crippen LogP contribution in [0, 0.1) is 6.92 Å². The molecular formula is C23H29N5O4S. The Labute approximate surface area is 193 Å². The van der Waals surface area contributed by atoms with Crippen LogP contribution in [0.4, 0.5) is 5.69 Å². The average molecular weight is 472 g/mol. The lowest BCUT2D eigenvalue weighted by Crippen LogP contribution is -2.35. The van der Waals surface area contributed by atoms with E-state index in [2.05, 4.69) is 15.4 Å². The summed E-state index contributed by atoms with van der Waals surface area (Å²) in [5.74, 6) is -0.112. The average Bonchev–Trinajstić information content (AvgIpc) is 3.23. The van der Waals surface area contributed by atoms with Gasteiger partial charge in [-0.05, 0) is 57.9 Å². The van der Waals surface area contributed by atoms with Crippen LogP contribution in [-0.2, 0) is 10.0 Å². The quantitative estimate of drug-likeness (QED) is 0.587. The lowest BCUT2D eigenvalue weighted by molar-refractivity contribution is 0.102. The van der Waals surface area contributed by atoms with Crippen LogP contribution in [0.5, 0.6) is 5.75 Å². The summed E-state index contributed by atoms with van der Waals surface area (Å²) in [7, 11) is -2.31. The van der Waals surface area contributed by atoms with Crippen molar-refractivity contribution in [3.63, 3.8) is 0 Å². The van der Waals surface area contributed by atoms with E-state index >= 15 is 0 Å². The number of amides is 1. The third-order valence-corrected chi connectivity index (χ3v) is 7.70. The number of pyridine rings is 1. The molecule has 1 fully saturated rings. The molecule has 0 radical (unpaired) electrons. The van der Waals surface area contributed by atoms with Crippen molar-refractivity contribution in [3.05, 3.63) is 41.7 Å². The maximum Gasteiger partial charge on any atom is 0.256 e. The molecule has 3 heterocycles. The molecule has 0 aliphatic carbocycles. The molecule has 33 heavy (non-hydrogen) atoms. The molecule has 1 aliphatic rings. The highest BCUT2D eigenvalue weighted by molar-refractivity contribution is 7.89. The van der Waals surface area contributed by atoms with Crippen LogP contribution in [0.3, 0.4) is 0 Å². The summed E-state index contributed by atoms with van der Waals surface area (Å²) in [5.41, 5.74) is 2.13. The third-order valence-electron chi connectivity index (χ3n) is 5.78. The number of rotatable bonds is 6. The van der Waals surface area contributed by atoms with Crippen molar-refractivity contribution in [2.75, 3.05) is 25.5 Å². The zero-order chi connectivity index (χ0) is 23.8. The van der Waals surface area contributed by atoms with Crippen molar-refractivity contribution < 1.29 is 17.9 Å². The van der Waals surface area contributed by atoms with Gasteiger partial charge in [0.25, 0.3) is 5.91 Å². The van der Waals surface area contributed by atoms with Gasteiger partial charge in [0.05, 0.1) is 24.3 Å².